The molecule has 96 valence electrons. The van der Waals surface area contributed by atoms with E-state index in [4.69, 9.17) is 0 Å². The number of nitrogens with zero attached hydrogens (tertiary/aromatic N) is 2. The van der Waals surface area contributed by atoms with Gasteiger partial charge in [0.15, 0.2) is 5.82 Å². The molecule has 0 aliphatic rings. The summed E-state index contributed by atoms with van der Waals surface area (Å²) < 4.78 is 13.0. The number of halogens is 1. The summed E-state index contributed by atoms with van der Waals surface area (Å²) in [7, 11) is 0. The van der Waals surface area contributed by atoms with Crippen LogP contribution in [0.3, 0.4) is 0 Å². The van der Waals surface area contributed by atoms with Crippen LogP contribution in [-0.4, -0.2) is 15.0 Å². The van der Waals surface area contributed by atoms with E-state index in [1.54, 1.807) is 18.3 Å². The molecule has 3 nitrogen and oxygen atoms in total. The molecular weight excluding hydrogens is 253 g/mol. The minimum atomic E-state index is -0.262. The van der Waals surface area contributed by atoms with Crippen LogP contribution in [-0.2, 0) is 0 Å². The number of aromatic nitrogens is 3. The highest BCUT2D eigenvalue weighted by atomic mass is 19.1. The van der Waals surface area contributed by atoms with Gasteiger partial charge in [0.2, 0.25) is 0 Å². The highest BCUT2D eigenvalue weighted by molar-refractivity contribution is 6.04. The van der Waals surface area contributed by atoms with Crippen LogP contribution in [0.15, 0.2) is 54.7 Å². The monoisotopic (exact) mass is 263 g/mol. The molecule has 20 heavy (non-hydrogen) atoms. The first-order valence-electron chi connectivity index (χ1n) is 6.31. The van der Waals surface area contributed by atoms with Gasteiger partial charge in [0.05, 0.1) is 17.2 Å². The molecule has 0 aliphatic carbocycles. The van der Waals surface area contributed by atoms with Crippen LogP contribution in [0.25, 0.3) is 33.3 Å². The number of hydrogen-bond donors (Lipinski definition) is 1. The lowest BCUT2D eigenvalue weighted by Crippen LogP contribution is -1.89. The third-order valence-electron chi connectivity index (χ3n) is 3.34. The molecule has 0 radical (unpaired) electrons. The van der Waals surface area contributed by atoms with E-state index in [9.17, 15) is 4.39 Å². The minimum Gasteiger partial charge on any atom is -0.352 e. The number of para-hydroxylation sites is 1. The minimum absolute atomic E-state index is 0.262. The summed E-state index contributed by atoms with van der Waals surface area (Å²) in [5, 5.41) is 1.06. The van der Waals surface area contributed by atoms with Crippen LogP contribution >= 0.6 is 0 Å². The van der Waals surface area contributed by atoms with Gasteiger partial charge in [0.25, 0.3) is 0 Å². The molecule has 0 unspecified atom stereocenters. The van der Waals surface area contributed by atoms with Crippen molar-refractivity contribution in [2.75, 3.05) is 0 Å². The van der Waals surface area contributed by atoms with Gasteiger partial charge in [-0.3, -0.25) is 0 Å². The van der Waals surface area contributed by atoms with Gasteiger partial charge in [-0.05, 0) is 30.3 Å². The summed E-state index contributed by atoms with van der Waals surface area (Å²) in [5.41, 5.74) is 3.62. The van der Waals surface area contributed by atoms with Gasteiger partial charge < -0.3 is 4.98 Å². The van der Waals surface area contributed by atoms with Crippen molar-refractivity contribution < 1.29 is 4.39 Å². The zero-order chi connectivity index (χ0) is 13.5. The number of aromatic amines is 1. The van der Waals surface area contributed by atoms with E-state index in [0.717, 1.165) is 27.5 Å². The van der Waals surface area contributed by atoms with Crippen LogP contribution in [0.2, 0.25) is 0 Å². The molecule has 0 aliphatic heterocycles. The highest BCUT2D eigenvalue weighted by Gasteiger charge is 2.08. The molecule has 0 atom stereocenters. The first-order valence-corrected chi connectivity index (χ1v) is 6.31. The Morgan fingerprint density at radius 3 is 2.55 bits per heavy atom. The third-order valence-corrected chi connectivity index (χ3v) is 3.34. The Kier molecular flexibility index (Phi) is 2.29. The normalized spacial score (nSPS) is 11.2. The van der Waals surface area contributed by atoms with Gasteiger partial charge in [-0.2, -0.15) is 0 Å². The number of rotatable bonds is 1. The molecule has 2 aromatic carbocycles. The predicted octanol–water partition coefficient (Wildman–Crippen LogP) is 3.92. The Balaban J connectivity index is 1.97. The summed E-state index contributed by atoms with van der Waals surface area (Å²) in [4.78, 5) is 12.2. The molecule has 2 aromatic heterocycles. The molecule has 1 N–H and O–H groups in total. The zero-order valence-electron chi connectivity index (χ0n) is 10.5. The number of benzene rings is 2. The third kappa shape index (κ3) is 1.66. The van der Waals surface area contributed by atoms with E-state index in [1.165, 1.54) is 12.1 Å². The van der Waals surface area contributed by atoms with Crippen molar-refractivity contribution in [2.24, 2.45) is 0 Å². The first kappa shape index (κ1) is 11.1. The average molecular weight is 263 g/mol. The van der Waals surface area contributed by atoms with Crippen molar-refractivity contribution in [3.8, 4) is 11.4 Å². The van der Waals surface area contributed by atoms with Gasteiger partial charge >= 0.3 is 0 Å². The van der Waals surface area contributed by atoms with Gasteiger partial charge in [-0.15, -0.1) is 0 Å². The van der Waals surface area contributed by atoms with Crippen LogP contribution in [0.1, 0.15) is 0 Å². The Bertz CT molecular complexity index is 910. The second-order valence-electron chi connectivity index (χ2n) is 4.63. The van der Waals surface area contributed by atoms with E-state index in [1.807, 2.05) is 24.3 Å². The van der Waals surface area contributed by atoms with Gasteiger partial charge in [-0.1, -0.05) is 18.2 Å². The standard InChI is InChI=1S/C16H10FN3/c17-11-7-5-10(6-8-11)16-18-9-14-15(20-16)12-3-1-2-4-13(12)19-14/h1-9,19H. The van der Waals surface area contributed by atoms with E-state index in [-0.39, 0.29) is 5.82 Å². The fraction of sp³-hybridized carbons (Fsp3) is 0. The van der Waals surface area contributed by atoms with Crippen molar-refractivity contribution >= 4 is 21.9 Å². The number of hydrogen-bond acceptors (Lipinski definition) is 2. The zero-order valence-corrected chi connectivity index (χ0v) is 10.5. The molecule has 0 bridgehead atoms. The number of nitrogens with one attached hydrogen (secondary N) is 1. The summed E-state index contributed by atoms with van der Waals surface area (Å²) in [6, 6.07) is 14.2. The maximum Gasteiger partial charge on any atom is 0.159 e. The van der Waals surface area contributed by atoms with Crippen LogP contribution in [0.5, 0.6) is 0 Å². The molecule has 0 fully saturated rings. The molecule has 4 aromatic rings. The number of H-pyrrole nitrogens is 1. The topological polar surface area (TPSA) is 41.6 Å². The molecule has 0 saturated heterocycles. The molecule has 4 heteroatoms. The van der Waals surface area contributed by atoms with E-state index < -0.39 is 0 Å². The fourth-order valence-corrected chi connectivity index (χ4v) is 2.36. The lowest BCUT2D eigenvalue weighted by Gasteiger charge is -2.00. The molecule has 2 heterocycles. The van der Waals surface area contributed by atoms with Gasteiger partial charge in [0, 0.05) is 16.5 Å². The summed E-state index contributed by atoms with van der Waals surface area (Å²) in [6.07, 6.45) is 1.76. The lowest BCUT2D eigenvalue weighted by atomic mass is 10.2. The molecular formula is C16H10FN3. The Labute approximate surface area is 114 Å². The molecule has 4 rings (SSSR count). The summed E-state index contributed by atoms with van der Waals surface area (Å²) in [6.45, 7) is 0. The Morgan fingerprint density at radius 2 is 1.70 bits per heavy atom. The van der Waals surface area contributed by atoms with Crippen molar-refractivity contribution in [3.63, 3.8) is 0 Å². The second-order valence-corrected chi connectivity index (χ2v) is 4.63. The summed E-state index contributed by atoms with van der Waals surface area (Å²) >= 11 is 0. The van der Waals surface area contributed by atoms with Crippen molar-refractivity contribution in [1.82, 2.24) is 15.0 Å². The molecule has 0 amide bonds. The largest absolute Gasteiger partial charge is 0.352 e. The Hall–Kier alpha value is -2.75. The smallest absolute Gasteiger partial charge is 0.159 e. The molecule has 0 spiro atoms. The number of fused-ring (bicyclic) bond motifs is 3. The van der Waals surface area contributed by atoms with Gasteiger partial charge in [-0.25, -0.2) is 14.4 Å². The SMILES string of the molecule is Fc1ccc(-c2ncc3[nH]c4ccccc4c3n2)cc1. The Morgan fingerprint density at radius 1 is 0.900 bits per heavy atom. The van der Waals surface area contributed by atoms with Crippen LogP contribution < -0.4 is 0 Å². The first-order chi connectivity index (χ1) is 9.81. The maximum atomic E-state index is 13.0. The second kappa shape index (κ2) is 4.13. The summed E-state index contributed by atoms with van der Waals surface area (Å²) in [5.74, 6) is 0.337. The van der Waals surface area contributed by atoms with E-state index in [0.29, 0.717) is 5.82 Å². The average Bonchev–Trinajstić information content (AvgIpc) is 2.86. The molecule has 0 saturated carbocycles. The lowest BCUT2D eigenvalue weighted by molar-refractivity contribution is 0.628. The van der Waals surface area contributed by atoms with E-state index in [2.05, 4.69) is 15.0 Å². The van der Waals surface area contributed by atoms with Crippen LogP contribution in [0, 0.1) is 5.82 Å². The van der Waals surface area contributed by atoms with Crippen molar-refractivity contribution in [3.05, 3.63) is 60.5 Å². The quantitative estimate of drug-likeness (QED) is 0.565. The van der Waals surface area contributed by atoms with E-state index >= 15 is 0 Å². The maximum absolute atomic E-state index is 13.0. The van der Waals surface area contributed by atoms with Crippen LogP contribution in [0.4, 0.5) is 4.39 Å². The van der Waals surface area contributed by atoms with Crippen molar-refractivity contribution in [2.45, 2.75) is 0 Å². The fourth-order valence-electron chi connectivity index (χ4n) is 2.36. The van der Waals surface area contributed by atoms with Gasteiger partial charge in [0.1, 0.15) is 5.82 Å². The predicted molar refractivity (Wildman–Crippen MR) is 76.8 cm³/mol. The highest BCUT2D eigenvalue weighted by Crippen LogP contribution is 2.25. The van der Waals surface area contributed by atoms with Crippen molar-refractivity contribution in [1.29, 1.82) is 0 Å².